The second kappa shape index (κ2) is 6.40. The maximum absolute atomic E-state index is 15.2. The molecule has 0 bridgehead atoms. The first-order valence-electron chi connectivity index (χ1n) is 8.32. The number of pyridine rings is 1. The molecule has 1 heterocycles. The van der Waals surface area contributed by atoms with Gasteiger partial charge >= 0.3 is 10.2 Å². The first-order chi connectivity index (χ1) is 13.2. The molecule has 1 aliphatic rings. The van der Waals surface area contributed by atoms with Crippen molar-refractivity contribution in [1.82, 2.24) is 4.98 Å². The summed E-state index contributed by atoms with van der Waals surface area (Å²) in [6.45, 7) is 0. The van der Waals surface area contributed by atoms with Gasteiger partial charge < -0.3 is 5.32 Å². The van der Waals surface area contributed by atoms with Gasteiger partial charge in [-0.05, 0) is 49.2 Å². The molecule has 3 nitrogen and oxygen atoms in total. The number of carbonyl (C=O) groups is 1. The van der Waals surface area contributed by atoms with Gasteiger partial charge in [-0.2, -0.15) is 0 Å². The van der Waals surface area contributed by atoms with Gasteiger partial charge in [0.2, 0.25) is 0 Å². The maximum atomic E-state index is 15.2. The molecule has 1 aliphatic carbocycles. The van der Waals surface area contributed by atoms with Crippen LogP contribution in [0.5, 0.6) is 0 Å². The number of hydrogen-bond donors (Lipinski definition) is 1. The predicted molar refractivity (Wildman–Crippen MR) is 100 cm³/mol. The van der Waals surface area contributed by atoms with Crippen molar-refractivity contribution in [3.63, 3.8) is 0 Å². The highest BCUT2D eigenvalue weighted by Crippen LogP contribution is 3.02. The topological polar surface area (TPSA) is 42.0 Å². The lowest BCUT2D eigenvalue weighted by Crippen LogP contribution is -2.27. The van der Waals surface area contributed by atoms with Crippen LogP contribution in [0, 0.1) is 0 Å². The molecule has 2 aromatic rings. The minimum absolute atomic E-state index is 0.0405. The lowest BCUT2D eigenvalue weighted by molar-refractivity contribution is -0.113. The Kier molecular flexibility index (Phi) is 4.75. The van der Waals surface area contributed by atoms with E-state index >= 15 is 4.39 Å². The standard InChI is InChI=1S/C18H15ClF6N2OS/c19-15-2-1-11-26-16(15)18(20)9-7-12(8-10-18)17(28)27-13-3-5-14(6-4-13)29(21,22,23,24)25/h1-7,11H,8-10H2,(H,27,28). The SMILES string of the molecule is O=C(Nc1ccc(S(F)(F)(F)(F)F)cc1)C1=CCC(F)(c2ncccc2Cl)CC1. The van der Waals surface area contributed by atoms with Crippen molar-refractivity contribution in [1.29, 1.82) is 0 Å². The third-order valence-corrected chi connectivity index (χ3v) is 5.96. The molecule has 1 aromatic heterocycles. The van der Waals surface area contributed by atoms with Crippen LogP contribution < -0.4 is 5.32 Å². The quantitative estimate of drug-likeness (QED) is 0.490. The van der Waals surface area contributed by atoms with Crippen molar-refractivity contribution in [3.05, 3.63) is 65.0 Å². The number of nitrogens with zero attached hydrogens (tertiary/aromatic N) is 1. The Balaban J connectivity index is 1.71. The largest absolute Gasteiger partial charge is 0.322 e. The van der Waals surface area contributed by atoms with E-state index in [4.69, 9.17) is 11.6 Å². The second-order valence-electron chi connectivity index (χ2n) is 6.68. The van der Waals surface area contributed by atoms with E-state index in [0.717, 1.165) is 12.1 Å². The molecule has 0 radical (unpaired) electrons. The molecule has 29 heavy (non-hydrogen) atoms. The van der Waals surface area contributed by atoms with Gasteiger partial charge in [-0.1, -0.05) is 37.1 Å². The Morgan fingerprint density at radius 1 is 1.10 bits per heavy atom. The lowest BCUT2D eigenvalue weighted by atomic mass is 9.84. The number of anilines is 1. The molecular formula is C18H15ClF6N2OS. The van der Waals surface area contributed by atoms with Crippen molar-refractivity contribution in [2.24, 2.45) is 0 Å². The summed E-state index contributed by atoms with van der Waals surface area (Å²) in [5.41, 5.74) is -1.64. The van der Waals surface area contributed by atoms with Crippen LogP contribution in [0.4, 0.5) is 29.5 Å². The van der Waals surface area contributed by atoms with Crippen LogP contribution >= 0.6 is 21.8 Å². The van der Waals surface area contributed by atoms with E-state index in [1.54, 1.807) is 6.07 Å². The normalized spacial score (nSPS) is 22.2. The number of hydrogen-bond acceptors (Lipinski definition) is 2. The molecule has 1 aromatic carbocycles. The number of nitrogens with one attached hydrogen (secondary N) is 1. The van der Waals surface area contributed by atoms with Crippen molar-refractivity contribution in [2.45, 2.75) is 29.8 Å². The molecule has 0 saturated heterocycles. The number of aromatic nitrogens is 1. The highest BCUT2D eigenvalue weighted by Gasteiger charge is 2.65. The van der Waals surface area contributed by atoms with Gasteiger partial charge in [0.05, 0.1) is 10.7 Å². The van der Waals surface area contributed by atoms with Gasteiger partial charge in [0.1, 0.15) is 4.90 Å². The van der Waals surface area contributed by atoms with Crippen molar-refractivity contribution < 1.29 is 28.6 Å². The number of halogens is 7. The lowest BCUT2D eigenvalue weighted by Gasteiger charge is -2.40. The molecular weight excluding hydrogens is 442 g/mol. The van der Waals surface area contributed by atoms with E-state index in [2.05, 4.69) is 10.3 Å². The summed E-state index contributed by atoms with van der Waals surface area (Å²) in [4.78, 5) is 14.2. The van der Waals surface area contributed by atoms with Crippen molar-refractivity contribution in [2.75, 3.05) is 5.32 Å². The smallest absolute Gasteiger partial charge is 0.310 e. The van der Waals surface area contributed by atoms with Crippen LogP contribution in [-0.4, -0.2) is 10.9 Å². The van der Waals surface area contributed by atoms with E-state index in [0.29, 0.717) is 0 Å². The molecule has 0 saturated carbocycles. The minimum Gasteiger partial charge on any atom is -0.322 e. The number of amides is 1. The summed E-state index contributed by atoms with van der Waals surface area (Å²) in [7, 11) is -9.77. The Hall–Kier alpha value is -2.20. The number of rotatable bonds is 4. The fourth-order valence-electron chi connectivity index (χ4n) is 2.97. The molecule has 1 atom stereocenters. The fourth-order valence-corrected chi connectivity index (χ4v) is 3.91. The fraction of sp³-hybridized carbons (Fsp3) is 0.222. The van der Waals surface area contributed by atoms with Gasteiger partial charge in [-0.15, -0.1) is 0 Å². The molecule has 0 fully saturated rings. The Bertz CT molecular complexity index is 994. The van der Waals surface area contributed by atoms with Crippen LogP contribution in [0.1, 0.15) is 25.0 Å². The van der Waals surface area contributed by atoms with E-state index in [1.807, 2.05) is 0 Å². The summed E-state index contributed by atoms with van der Waals surface area (Å²) in [5, 5.41) is 2.49. The van der Waals surface area contributed by atoms with Crippen LogP contribution in [0.3, 0.4) is 0 Å². The zero-order valence-corrected chi connectivity index (χ0v) is 16.2. The molecule has 0 spiro atoms. The summed E-state index contributed by atoms with van der Waals surface area (Å²) in [5.74, 6) is -0.653. The molecule has 1 unspecified atom stereocenters. The maximum Gasteiger partial charge on any atom is 0.310 e. The third-order valence-electron chi connectivity index (χ3n) is 4.49. The second-order valence-corrected chi connectivity index (χ2v) is 9.50. The van der Waals surface area contributed by atoms with Gasteiger partial charge in [0.25, 0.3) is 5.91 Å². The van der Waals surface area contributed by atoms with Crippen LogP contribution in [-0.2, 0) is 10.5 Å². The average molecular weight is 457 g/mol. The van der Waals surface area contributed by atoms with Crippen LogP contribution in [0.2, 0.25) is 5.02 Å². The zero-order chi connectivity index (χ0) is 21.6. The predicted octanol–water partition coefficient (Wildman–Crippen LogP) is 7.31. The summed E-state index contributed by atoms with van der Waals surface area (Å²) in [6.07, 6.45) is 2.60. The average Bonchev–Trinajstić information content (AvgIpc) is 2.61. The van der Waals surface area contributed by atoms with Gasteiger partial charge in [-0.3, -0.25) is 9.78 Å². The Labute approximate surface area is 167 Å². The molecule has 1 N–H and O–H groups in total. The van der Waals surface area contributed by atoms with Gasteiger partial charge in [0.15, 0.2) is 5.67 Å². The molecule has 3 rings (SSSR count). The van der Waals surface area contributed by atoms with E-state index in [1.165, 1.54) is 18.3 Å². The van der Waals surface area contributed by atoms with Gasteiger partial charge in [-0.25, -0.2) is 4.39 Å². The Morgan fingerprint density at radius 2 is 1.76 bits per heavy atom. The first kappa shape index (κ1) is 21.5. The number of alkyl halides is 1. The van der Waals surface area contributed by atoms with Gasteiger partial charge in [0, 0.05) is 23.9 Å². The Morgan fingerprint density at radius 3 is 2.28 bits per heavy atom. The third kappa shape index (κ3) is 4.87. The summed E-state index contributed by atoms with van der Waals surface area (Å²) >= 11 is 5.98. The number of allylic oxidation sites excluding steroid dienone is 1. The highest BCUT2D eigenvalue weighted by molar-refractivity contribution is 8.45. The number of carbonyl (C=O) groups excluding carboxylic acids is 1. The molecule has 1 amide bonds. The van der Waals surface area contributed by atoms with E-state index < -0.39 is 26.7 Å². The molecule has 0 aliphatic heterocycles. The number of benzene rings is 1. The van der Waals surface area contributed by atoms with Crippen LogP contribution in [0.15, 0.2) is 59.1 Å². The van der Waals surface area contributed by atoms with Crippen molar-refractivity contribution in [3.8, 4) is 0 Å². The van der Waals surface area contributed by atoms with Crippen molar-refractivity contribution >= 4 is 33.4 Å². The summed E-state index contributed by atoms with van der Waals surface area (Å²) < 4.78 is 78.8. The van der Waals surface area contributed by atoms with E-state index in [9.17, 15) is 24.2 Å². The molecule has 158 valence electrons. The van der Waals surface area contributed by atoms with E-state index in [-0.39, 0.29) is 53.4 Å². The monoisotopic (exact) mass is 456 g/mol. The minimum atomic E-state index is -9.77. The van der Waals surface area contributed by atoms with Crippen LogP contribution in [0.25, 0.3) is 0 Å². The first-order valence-corrected chi connectivity index (χ1v) is 10.7. The highest BCUT2D eigenvalue weighted by atomic mass is 35.5. The molecule has 11 heteroatoms. The zero-order valence-electron chi connectivity index (χ0n) is 14.6. The summed E-state index contributed by atoms with van der Waals surface area (Å²) in [6, 6.07) is 4.97.